The Morgan fingerprint density at radius 1 is 0.452 bits per heavy atom. The van der Waals surface area contributed by atoms with E-state index in [4.69, 9.17) is 4.42 Å². The molecule has 2 heteroatoms. The van der Waals surface area contributed by atoms with Gasteiger partial charge in [0.2, 0.25) is 0 Å². The van der Waals surface area contributed by atoms with E-state index >= 15 is 0 Å². The summed E-state index contributed by atoms with van der Waals surface area (Å²) < 4.78 is 7.03. The van der Waals surface area contributed by atoms with Gasteiger partial charge in [-0.1, -0.05) is 172 Å². The first-order valence-corrected chi connectivity index (χ1v) is 22.3. The van der Waals surface area contributed by atoms with Crippen molar-refractivity contribution in [2.24, 2.45) is 0 Å². The van der Waals surface area contributed by atoms with Crippen molar-refractivity contribution in [3.05, 3.63) is 185 Å². The maximum atomic E-state index is 7.03. The van der Waals surface area contributed by atoms with Gasteiger partial charge in [-0.05, 0) is 126 Å². The number of hydrogen-bond donors (Lipinski definition) is 0. The molecular weight excluding hydrogens is 751 g/mol. The van der Waals surface area contributed by atoms with Gasteiger partial charge in [-0.15, -0.1) is 0 Å². The number of nitrogens with zero attached hydrogens (tertiary/aromatic N) is 1. The molecule has 0 aliphatic heterocycles. The van der Waals surface area contributed by atoms with Crippen molar-refractivity contribution in [3.63, 3.8) is 0 Å². The molecule has 306 valence electrons. The molecule has 0 saturated carbocycles. The number of furan rings is 1. The summed E-state index contributed by atoms with van der Waals surface area (Å²) in [5, 5.41) is 4.92. The van der Waals surface area contributed by atoms with Gasteiger partial charge in [0.05, 0.1) is 5.69 Å². The van der Waals surface area contributed by atoms with E-state index in [0.29, 0.717) is 0 Å². The van der Waals surface area contributed by atoms with Gasteiger partial charge in [-0.25, -0.2) is 0 Å². The maximum absolute atomic E-state index is 7.03. The molecule has 2 aliphatic rings. The smallest absolute Gasteiger partial charge is 0.139 e. The van der Waals surface area contributed by atoms with Gasteiger partial charge in [0.1, 0.15) is 11.2 Å². The van der Waals surface area contributed by atoms with Gasteiger partial charge >= 0.3 is 0 Å². The minimum atomic E-state index is -0.238. The SMILES string of the molecule is CC(C)(C)c1cc(C(C)(C)C)c2oc3cc4c(cc3c2c1)C(C)(C)c1cccc(N(c2ccc(-c3cccc5ccccc35)cc2)c2ccc3c(c2)C(C)(C)c2ccccc2-3)c1-4. The predicted octanol–water partition coefficient (Wildman–Crippen LogP) is 17.1. The van der Waals surface area contributed by atoms with Crippen molar-refractivity contribution < 1.29 is 4.42 Å². The van der Waals surface area contributed by atoms with Crippen LogP contribution in [0.2, 0.25) is 0 Å². The number of benzene rings is 8. The molecule has 2 nitrogen and oxygen atoms in total. The summed E-state index contributed by atoms with van der Waals surface area (Å²) in [6.07, 6.45) is 0. The zero-order valence-corrected chi connectivity index (χ0v) is 37.8. The van der Waals surface area contributed by atoms with Crippen LogP contribution in [0.25, 0.3) is 66.1 Å². The Morgan fingerprint density at radius 2 is 1.08 bits per heavy atom. The molecule has 0 bridgehead atoms. The summed E-state index contributed by atoms with van der Waals surface area (Å²) in [5.74, 6) is 0. The second-order valence-electron chi connectivity index (χ2n) is 21.0. The summed E-state index contributed by atoms with van der Waals surface area (Å²) >= 11 is 0. The molecule has 1 heterocycles. The molecule has 2 aliphatic carbocycles. The number of rotatable bonds is 4. The number of anilines is 3. The quantitative estimate of drug-likeness (QED) is 0.176. The first-order valence-electron chi connectivity index (χ1n) is 22.3. The second-order valence-corrected chi connectivity index (χ2v) is 21.0. The first kappa shape index (κ1) is 38.5. The van der Waals surface area contributed by atoms with Crippen molar-refractivity contribution >= 4 is 49.8 Å². The van der Waals surface area contributed by atoms with Crippen LogP contribution in [0.15, 0.2) is 156 Å². The van der Waals surface area contributed by atoms with E-state index in [1.165, 1.54) is 94.0 Å². The van der Waals surface area contributed by atoms with Gasteiger partial charge in [0.25, 0.3) is 0 Å². The molecule has 0 fully saturated rings. The van der Waals surface area contributed by atoms with Crippen LogP contribution in [0.3, 0.4) is 0 Å². The van der Waals surface area contributed by atoms with E-state index in [2.05, 4.69) is 226 Å². The van der Waals surface area contributed by atoms with Crippen LogP contribution in [-0.4, -0.2) is 0 Å². The molecular formula is C60H55NO. The monoisotopic (exact) mass is 805 g/mol. The zero-order valence-electron chi connectivity index (χ0n) is 37.8. The summed E-state index contributed by atoms with van der Waals surface area (Å²) in [6.45, 7) is 23.4. The van der Waals surface area contributed by atoms with Gasteiger partial charge in [0.15, 0.2) is 0 Å². The van der Waals surface area contributed by atoms with E-state index in [1.807, 2.05) is 0 Å². The Labute approximate surface area is 366 Å². The topological polar surface area (TPSA) is 16.4 Å². The fourth-order valence-corrected chi connectivity index (χ4v) is 10.8. The molecule has 0 spiro atoms. The molecule has 1 aromatic heterocycles. The first-order chi connectivity index (χ1) is 29.5. The standard InChI is InChI=1S/C60H55NO/c1-57(2,3)38-31-46-45-34-51-47(35-54(45)62-56(46)52(32-38)58(4,5)6)55-49(60(51,9)10)23-16-24-53(55)61(40-29-30-44-43-20-13-14-22-48(43)59(7,8)50(44)33-40)39-27-25-37(26-28-39)42-21-15-18-36-17-11-12-19-41(36)42/h11-35H,1-10H3. The van der Waals surface area contributed by atoms with E-state index in [-0.39, 0.29) is 21.7 Å². The highest BCUT2D eigenvalue weighted by atomic mass is 16.3. The number of fused-ring (bicyclic) bond motifs is 10. The van der Waals surface area contributed by atoms with Crippen molar-refractivity contribution in [2.75, 3.05) is 4.90 Å². The van der Waals surface area contributed by atoms with E-state index in [9.17, 15) is 0 Å². The van der Waals surface area contributed by atoms with Crippen molar-refractivity contribution in [1.82, 2.24) is 0 Å². The Hall–Kier alpha value is -6.38. The van der Waals surface area contributed by atoms with Gasteiger partial charge in [-0.2, -0.15) is 0 Å². The van der Waals surface area contributed by atoms with Crippen LogP contribution < -0.4 is 4.90 Å². The van der Waals surface area contributed by atoms with Crippen LogP contribution in [0.5, 0.6) is 0 Å². The molecule has 0 amide bonds. The average Bonchev–Trinajstić information content (AvgIpc) is 3.81. The molecule has 9 aromatic rings. The molecule has 8 aromatic carbocycles. The van der Waals surface area contributed by atoms with Crippen LogP contribution >= 0.6 is 0 Å². The molecule has 0 N–H and O–H groups in total. The Morgan fingerprint density at radius 3 is 1.85 bits per heavy atom. The Bertz CT molecular complexity index is 3300. The van der Waals surface area contributed by atoms with Gasteiger partial charge < -0.3 is 9.32 Å². The highest BCUT2D eigenvalue weighted by Crippen LogP contribution is 2.57. The van der Waals surface area contributed by atoms with Crippen LogP contribution in [0.4, 0.5) is 17.1 Å². The fourth-order valence-electron chi connectivity index (χ4n) is 10.8. The lowest BCUT2D eigenvalue weighted by Gasteiger charge is -2.30. The van der Waals surface area contributed by atoms with Crippen LogP contribution in [0.1, 0.15) is 103 Å². The summed E-state index contributed by atoms with van der Waals surface area (Å²) in [5.41, 5.74) is 20.6. The third-order valence-corrected chi connectivity index (χ3v) is 14.3. The summed E-state index contributed by atoms with van der Waals surface area (Å²) in [6, 6.07) is 57.1. The lowest BCUT2D eigenvalue weighted by atomic mass is 9.79. The largest absolute Gasteiger partial charge is 0.456 e. The third kappa shape index (κ3) is 5.61. The predicted molar refractivity (Wildman–Crippen MR) is 264 cm³/mol. The zero-order chi connectivity index (χ0) is 43.1. The normalized spacial score (nSPS) is 14.9. The number of hydrogen-bond acceptors (Lipinski definition) is 2. The molecule has 0 radical (unpaired) electrons. The minimum absolute atomic E-state index is 0.00498. The van der Waals surface area contributed by atoms with E-state index < -0.39 is 0 Å². The highest BCUT2D eigenvalue weighted by molar-refractivity contribution is 6.10. The molecule has 0 saturated heterocycles. The fraction of sp³-hybridized carbons (Fsp3) is 0.233. The lowest BCUT2D eigenvalue weighted by molar-refractivity contribution is 0.559. The highest BCUT2D eigenvalue weighted by Gasteiger charge is 2.40. The maximum Gasteiger partial charge on any atom is 0.139 e. The van der Waals surface area contributed by atoms with E-state index in [1.54, 1.807) is 0 Å². The van der Waals surface area contributed by atoms with Gasteiger partial charge in [0, 0.05) is 44.1 Å². The van der Waals surface area contributed by atoms with E-state index in [0.717, 1.165) is 22.5 Å². The lowest BCUT2D eigenvalue weighted by Crippen LogP contribution is -2.17. The molecule has 0 atom stereocenters. The summed E-state index contributed by atoms with van der Waals surface area (Å²) in [4.78, 5) is 2.51. The summed E-state index contributed by atoms with van der Waals surface area (Å²) in [7, 11) is 0. The van der Waals surface area contributed by atoms with Crippen molar-refractivity contribution in [1.29, 1.82) is 0 Å². The van der Waals surface area contributed by atoms with Crippen molar-refractivity contribution in [2.45, 2.75) is 90.9 Å². The Kier molecular flexibility index (Phi) is 8.12. The average molecular weight is 806 g/mol. The van der Waals surface area contributed by atoms with Crippen LogP contribution in [-0.2, 0) is 21.7 Å². The minimum Gasteiger partial charge on any atom is -0.456 e. The molecule has 0 unspecified atom stereocenters. The Balaban J connectivity index is 1.14. The second kappa shape index (κ2) is 13.1. The molecule has 62 heavy (non-hydrogen) atoms. The van der Waals surface area contributed by atoms with Crippen LogP contribution in [0, 0.1) is 0 Å². The van der Waals surface area contributed by atoms with Crippen molar-refractivity contribution in [3.8, 4) is 33.4 Å². The third-order valence-electron chi connectivity index (χ3n) is 14.3. The van der Waals surface area contributed by atoms with Gasteiger partial charge in [-0.3, -0.25) is 0 Å². The molecule has 11 rings (SSSR count).